The first-order valence-electron chi connectivity index (χ1n) is 6.74. The topological polar surface area (TPSA) is 76.7 Å². The summed E-state index contributed by atoms with van der Waals surface area (Å²) in [5.41, 5.74) is 0.631. The molecule has 1 heterocycles. The average molecular weight is 320 g/mol. The van der Waals surface area contributed by atoms with Crippen molar-refractivity contribution < 1.29 is 19.1 Å². The molecule has 1 aromatic carbocycles. The van der Waals surface area contributed by atoms with Crippen LogP contribution >= 0.6 is 12.2 Å². The van der Waals surface area contributed by atoms with Gasteiger partial charge in [-0.2, -0.15) is 0 Å². The van der Waals surface area contributed by atoms with Crippen LogP contribution in [0.15, 0.2) is 23.8 Å². The van der Waals surface area contributed by atoms with Gasteiger partial charge in [0, 0.05) is 0 Å². The lowest BCUT2D eigenvalue weighted by molar-refractivity contribution is -0.123. The van der Waals surface area contributed by atoms with Gasteiger partial charge in [0.15, 0.2) is 16.6 Å². The van der Waals surface area contributed by atoms with Crippen LogP contribution in [-0.4, -0.2) is 30.6 Å². The highest BCUT2D eigenvalue weighted by Crippen LogP contribution is 2.29. The molecule has 22 heavy (non-hydrogen) atoms. The number of ether oxygens (including phenoxy) is 2. The lowest BCUT2D eigenvalue weighted by atomic mass is 10.1. The number of thiocarbonyl (C=S) groups is 1. The van der Waals surface area contributed by atoms with Crippen molar-refractivity contribution in [3.63, 3.8) is 0 Å². The molecule has 2 rings (SSSR count). The van der Waals surface area contributed by atoms with Gasteiger partial charge in [-0.05, 0) is 42.4 Å². The molecule has 0 aliphatic carbocycles. The number of carbonyl (C=O) groups excluding carboxylic acids is 2. The van der Waals surface area contributed by atoms with Gasteiger partial charge in [-0.3, -0.25) is 20.2 Å². The van der Waals surface area contributed by atoms with Crippen LogP contribution in [0.2, 0.25) is 0 Å². The highest BCUT2D eigenvalue weighted by Gasteiger charge is 2.25. The van der Waals surface area contributed by atoms with Crippen molar-refractivity contribution >= 4 is 35.2 Å². The summed E-state index contributed by atoms with van der Waals surface area (Å²) in [5.74, 6) is 0.0956. The Hall–Kier alpha value is -2.41. The van der Waals surface area contributed by atoms with Crippen molar-refractivity contribution in [2.24, 2.45) is 0 Å². The predicted octanol–water partition coefficient (Wildman–Crippen LogP) is 1.40. The number of amides is 2. The molecule has 2 N–H and O–H groups in total. The van der Waals surface area contributed by atoms with Crippen molar-refractivity contribution in [1.29, 1.82) is 0 Å². The summed E-state index contributed by atoms with van der Waals surface area (Å²) in [6.45, 7) is 2.59. The van der Waals surface area contributed by atoms with E-state index in [0.717, 1.165) is 6.42 Å². The third-order valence-electron chi connectivity index (χ3n) is 2.90. The molecule has 0 atom stereocenters. The minimum atomic E-state index is -0.529. The second-order valence-corrected chi connectivity index (χ2v) is 4.96. The fraction of sp³-hybridized carbons (Fsp3) is 0.267. The maximum absolute atomic E-state index is 11.8. The van der Waals surface area contributed by atoms with E-state index in [-0.39, 0.29) is 10.7 Å². The quantitative estimate of drug-likeness (QED) is 0.487. The van der Waals surface area contributed by atoms with Crippen molar-refractivity contribution in [2.75, 3.05) is 13.7 Å². The first-order valence-corrected chi connectivity index (χ1v) is 7.15. The van der Waals surface area contributed by atoms with Crippen molar-refractivity contribution in [1.82, 2.24) is 10.6 Å². The molecule has 7 heteroatoms. The van der Waals surface area contributed by atoms with E-state index in [9.17, 15) is 9.59 Å². The molecular weight excluding hydrogens is 304 g/mol. The van der Waals surface area contributed by atoms with Crippen LogP contribution in [0.5, 0.6) is 11.5 Å². The van der Waals surface area contributed by atoms with Gasteiger partial charge < -0.3 is 9.47 Å². The first-order chi connectivity index (χ1) is 10.5. The van der Waals surface area contributed by atoms with Gasteiger partial charge in [0.25, 0.3) is 11.8 Å². The van der Waals surface area contributed by atoms with Crippen LogP contribution in [0.4, 0.5) is 0 Å². The number of carbonyl (C=O) groups is 2. The summed E-state index contributed by atoms with van der Waals surface area (Å²) in [5, 5.41) is 4.78. The molecule has 0 spiro atoms. The van der Waals surface area contributed by atoms with Gasteiger partial charge in [0.2, 0.25) is 0 Å². The van der Waals surface area contributed by atoms with Gasteiger partial charge >= 0.3 is 0 Å². The summed E-state index contributed by atoms with van der Waals surface area (Å²) >= 11 is 4.75. The van der Waals surface area contributed by atoms with Gasteiger partial charge in [-0.25, -0.2) is 0 Å². The molecule has 6 nitrogen and oxygen atoms in total. The minimum absolute atomic E-state index is 0.00745. The zero-order valence-corrected chi connectivity index (χ0v) is 13.1. The van der Waals surface area contributed by atoms with Crippen LogP contribution in [0.25, 0.3) is 6.08 Å². The number of rotatable bonds is 5. The summed E-state index contributed by atoms with van der Waals surface area (Å²) < 4.78 is 10.8. The normalized spacial score (nSPS) is 14.3. The Labute approximate surface area is 133 Å². The van der Waals surface area contributed by atoms with E-state index < -0.39 is 11.8 Å². The lowest BCUT2D eigenvalue weighted by Crippen LogP contribution is -2.51. The van der Waals surface area contributed by atoms with Crippen molar-refractivity contribution in [3.05, 3.63) is 29.3 Å². The third kappa shape index (κ3) is 3.62. The Morgan fingerprint density at radius 2 is 1.86 bits per heavy atom. The number of hydrogen-bond donors (Lipinski definition) is 2. The predicted molar refractivity (Wildman–Crippen MR) is 85.6 cm³/mol. The molecule has 0 unspecified atom stereocenters. The molecule has 0 bridgehead atoms. The molecule has 1 aromatic rings. The lowest BCUT2D eigenvalue weighted by Gasteiger charge is -2.16. The maximum atomic E-state index is 11.8. The summed E-state index contributed by atoms with van der Waals surface area (Å²) in [4.78, 5) is 23.6. The molecule has 1 saturated heterocycles. The van der Waals surface area contributed by atoms with Gasteiger partial charge in [0.05, 0.1) is 13.7 Å². The molecule has 2 amide bonds. The highest BCUT2D eigenvalue weighted by molar-refractivity contribution is 7.80. The fourth-order valence-corrected chi connectivity index (χ4v) is 2.06. The van der Waals surface area contributed by atoms with E-state index in [1.807, 2.05) is 6.92 Å². The van der Waals surface area contributed by atoms with Crippen molar-refractivity contribution in [2.45, 2.75) is 13.3 Å². The molecule has 0 saturated carbocycles. The summed E-state index contributed by atoms with van der Waals surface area (Å²) in [6.07, 6.45) is 2.35. The molecule has 0 radical (unpaired) electrons. The average Bonchev–Trinajstić information content (AvgIpc) is 2.49. The monoisotopic (exact) mass is 320 g/mol. The molecule has 1 aliphatic rings. The Morgan fingerprint density at radius 3 is 2.45 bits per heavy atom. The second kappa shape index (κ2) is 7.04. The van der Waals surface area contributed by atoms with E-state index in [1.54, 1.807) is 18.2 Å². The fourth-order valence-electron chi connectivity index (χ4n) is 1.88. The number of hydrogen-bond acceptors (Lipinski definition) is 5. The summed E-state index contributed by atoms with van der Waals surface area (Å²) in [6, 6.07) is 5.18. The molecule has 1 aliphatic heterocycles. The molecular formula is C15H16N2O4S. The number of methoxy groups -OCH3 is 1. The Bertz CT molecular complexity index is 633. The number of benzene rings is 1. The van der Waals surface area contributed by atoms with Gasteiger partial charge in [-0.1, -0.05) is 13.0 Å². The SMILES string of the molecule is CCCOc1ccc(C=C2C(=O)NC(=S)NC2=O)cc1OC. The zero-order chi connectivity index (χ0) is 16.1. The molecule has 1 fully saturated rings. The Kier molecular flexibility index (Phi) is 5.11. The number of nitrogens with one attached hydrogen (secondary N) is 2. The largest absolute Gasteiger partial charge is 0.493 e. The Balaban J connectivity index is 2.29. The van der Waals surface area contributed by atoms with Crippen LogP contribution < -0.4 is 20.1 Å². The van der Waals surface area contributed by atoms with Crippen molar-refractivity contribution in [3.8, 4) is 11.5 Å². The Morgan fingerprint density at radius 1 is 1.18 bits per heavy atom. The smallest absolute Gasteiger partial charge is 0.263 e. The highest BCUT2D eigenvalue weighted by atomic mass is 32.1. The van der Waals surface area contributed by atoms with E-state index >= 15 is 0 Å². The third-order valence-corrected chi connectivity index (χ3v) is 3.11. The standard InChI is InChI=1S/C15H16N2O4S/c1-3-6-21-11-5-4-9(8-12(11)20-2)7-10-13(18)16-15(22)17-14(10)19/h4-5,7-8H,3,6H2,1-2H3,(H2,16,17,18,19,22). The first kappa shape index (κ1) is 16.0. The van der Waals surface area contributed by atoms with E-state index in [2.05, 4.69) is 10.6 Å². The van der Waals surface area contributed by atoms with Crippen LogP contribution in [0, 0.1) is 0 Å². The summed E-state index contributed by atoms with van der Waals surface area (Å²) in [7, 11) is 1.53. The van der Waals surface area contributed by atoms with E-state index in [0.29, 0.717) is 23.7 Å². The van der Waals surface area contributed by atoms with Gasteiger partial charge in [-0.15, -0.1) is 0 Å². The zero-order valence-electron chi connectivity index (χ0n) is 12.3. The van der Waals surface area contributed by atoms with Crippen LogP contribution in [0.1, 0.15) is 18.9 Å². The van der Waals surface area contributed by atoms with E-state index in [4.69, 9.17) is 21.7 Å². The van der Waals surface area contributed by atoms with Crippen LogP contribution in [0.3, 0.4) is 0 Å². The second-order valence-electron chi connectivity index (χ2n) is 4.55. The van der Waals surface area contributed by atoms with Crippen LogP contribution in [-0.2, 0) is 9.59 Å². The maximum Gasteiger partial charge on any atom is 0.263 e. The molecule has 0 aromatic heterocycles. The molecule has 116 valence electrons. The minimum Gasteiger partial charge on any atom is -0.493 e. The van der Waals surface area contributed by atoms with E-state index in [1.165, 1.54) is 13.2 Å². The van der Waals surface area contributed by atoms with Gasteiger partial charge in [0.1, 0.15) is 5.57 Å².